The second-order valence-corrected chi connectivity index (χ2v) is 4.80. The summed E-state index contributed by atoms with van der Waals surface area (Å²) in [6.07, 6.45) is 1.72. The van der Waals surface area contributed by atoms with Crippen molar-refractivity contribution in [1.29, 1.82) is 0 Å². The lowest BCUT2D eigenvalue weighted by Gasteiger charge is -2.08. The SMILES string of the molecule is O=C(CNC(=O)c1ccccc1)NNC(=O)C(=O)NC1CC1. The molecule has 0 radical (unpaired) electrons. The second kappa shape index (κ2) is 7.21. The average Bonchev–Trinajstić information content (AvgIpc) is 3.34. The van der Waals surface area contributed by atoms with Crippen molar-refractivity contribution in [2.45, 2.75) is 18.9 Å². The van der Waals surface area contributed by atoms with E-state index in [1.165, 1.54) is 0 Å². The number of carbonyl (C=O) groups excluding carboxylic acids is 4. The molecule has 0 bridgehead atoms. The number of amides is 4. The standard InChI is InChI=1S/C14H16N4O4/c19-11(8-15-12(20)9-4-2-1-3-5-9)17-18-14(22)13(21)16-10-6-7-10/h1-5,10H,6-8H2,(H,15,20)(H,16,21)(H,17,19)(H,18,22). The van der Waals surface area contributed by atoms with Gasteiger partial charge >= 0.3 is 11.8 Å². The van der Waals surface area contributed by atoms with Gasteiger partial charge in [-0.1, -0.05) is 18.2 Å². The van der Waals surface area contributed by atoms with E-state index in [0.29, 0.717) is 5.56 Å². The van der Waals surface area contributed by atoms with Crippen molar-refractivity contribution < 1.29 is 19.2 Å². The first-order chi connectivity index (χ1) is 10.6. The van der Waals surface area contributed by atoms with E-state index in [1.54, 1.807) is 30.3 Å². The van der Waals surface area contributed by atoms with Crippen LogP contribution in [-0.4, -0.2) is 36.2 Å². The normalized spacial score (nSPS) is 12.9. The molecule has 8 heteroatoms. The monoisotopic (exact) mass is 304 g/mol. The van der Waals surface area contributed by atoms with Crippen molar-refractivity contribution in [2.75, 3.05) is 6.54 Å². The van der Waals surface area contributed by atoms with Gasteiger partial charge in [-0.3, -0.25) is 30.0 Å². The molecule has 116 valence electrons. The highest BCUT2D eigenvalue weighted by Gasteiger charge is 2.26. The third-order valence-corrected chi connectivity index (χ3v) is 2.88. The summed E-state index contributed by atoms with van der Waals surface area (Å²) in [4.78, 5) is 45.8. The lowest BCUT2D eigenvalue weighted by Crippen LogP contribution is -2.51. The first kappa shape index (κ1) is 15.5. The lowest BCUT2D eigenvalue weighted by atomic mass is 10.2. The number of benzene rings is 1. The molecule has 4 amide bonds. The van der Waals surface area contributed by atoms with E-state index in [1.807, 2.05) is 10.9 Å². The Labute approximate surface area is 126 Å². The van der Waals surface area contributed by atoms with Crippen molar-refractivity contribution in [2.24, 2.45) is 0 Å². The van der Waals surface area contributed by atoms with E-state index in [-0.39, 0.29) is 12.6 Å². The van der Waals surface area contributed by atoms with Crippen LogP contribution in [-0.2, 0) is 14.4 Å². The fourth-order valence-electron chi connectivity index (χ4n) is 1.56. The molecule has 1 aromatic carbocycles. The van der Waals surface area contributed by atoms with E-state index >= 15 is 0 Å². The van der Waals surface area contributed by atoms with Crippen LogP contribution in [0.5, 0.6) is 0 Å². The van der Waals surface area contributed by atoms with Crippen LogP contribution in [0.4, 0.5) is 0 Å². The Morgan fingerprint density at radius 1 is 0.955 bits per heavy atom. The largest absolute Gasteiger partial charge is 0.345 e. The van der Waals surface area contributed by atoms with Crippen LogP contribution in [0.15, 0.2) is 30.3 Å². The van der Waals surface area contributed by atoms with Crippen molar-refractivity contribution in [3.8, 4) is 0 Å². The van der Waals surface area contributed by atoms with Crippen molar-refractivity contribution in [1.82, 2.24) is 21.5 Å². The molecule has 1 aliphatic carbocycles. The molecule has 0 unspecified atom stereocenters. The molecule has 0 aromatic heterocycles. The van der Waals surface area contributed by atoms with Crippen LogP contribution in [0, 0.1) is 0 Å². The quantitative estimate of drug-likeness (QED) is 0.415. The summed E-state index contributed by atoms with van der Waals surface area (Å²) in [5, 5.41) is 4.87. The lowest BCUT2D eigenvalue weighted by molar-refractivity contribution is -0.140. The third-order valence-electron chi connectivity index (χ3n) is 2.88. The maximum absolute atomic E-state index is 11.7. The summed E-state index contributed by atoms with van der Waals surface area (Å²) in [6.45, 7) is -0.321. The number of hydrazine groups is 1. The molecule has 2 rings (SSSR count). The number of hydrogen-bond donors (Lipinski definition) is 4. The number of carbonyl (C=O) groups is 4. The molecule has 0 saturated heterocycles. The maximum Gasteiger partial charge on any atom is 0.327 e. The van der Waals surface area contributed by atoms with Gasteiger partial charge in [-0.2, -0.15) is 0 Å². The molecule has 0 atom stereocenters. The van der Waals surface area contributed by atoms with Gasteiger partial charge in [0.05, 0.1) is 6.54 Å². The van der Waals surface area contributed by atoms with Gasteiger partial charge in [0.2, 0.25) is 0 Å². The summed E-state index contributed by atoms with van der Waals surface area (Å²) < 4.78 is 0. The second-order valence-electron chi connectivity index (χ2n) is 4.80. The highest BCUT2D eigenvalue weighted by atomic mass is 16.2. The molecule has 1 aromatic rings. The number of rotatable bonds is 4. The Morgan fingerprint density at radius 2 is 1.64 bits per heavy atom. The van der Waals surface area contributed by atoms with Gasteiger partial charge in [-0.05, 0) is 25.0 Å². The van der Waals surface area contributed by atoms with Gasteiger partial charge in [-0.15, -0.1) is 0 Å². The van der Waals surface area contributed by atoms with Crippen LogP contribution in [0.1, 0.15) is 23.2 Å². The highest BCUT2D eigenvalue weighted by molar-refractivity contribution is 6.35. The molecule has 1 aliphatic rings. The molecular weight excluding hydrogens is 288 g/mol. The molecule has 0 spiro atoms. The van der Waals surface area contributed by atoms with Gasteiger partial charge in [-0.25, -0.2) is 0 Å². The van der Waals surface area contributed by atoms with Crippen molar-refractivity contribution >= 4 is 23.6 Å². The van der Waals surface area contributed by atoms with Gasteiger partial charge in [0.1, 0.15) is 0 Å². The third kappa shape index (κ3) is 4.89. The minimum absolute atomic E-state index is 0.0547. The van der Waals surface area contributed by atoms with E-state index < -0.39 is 23.6 Å². The molecule has 4 N–H and O–H groups in total. The van der Waals surface area contributed by atoms with Crippen LogP contribution in [0.3, 0.4) is 0 Å². The Morgan fingerprint density at radius 3 is 2.27 bits per heavy atom. The summed E-state index contributed by atoms with van der Waals surface area (Å²) in [5.74, 6) is -2.80. The van der Waals surface area contributed by atoms with Crippen molar-refractivity contribution in [3.05, 3.63) is 35.9 Å². The summed E-state index contributed by atoms with van der Waals surface area (Å²) in [5.41, 5.74) is 4.45. The van der Waals surface area contributed by atoms with Crippen molar-refractivity contribution in [3.63, 3.8) is 0 Å². The zero-order chi connectivity index (χ0) is 15.9. The van der Waals surface area contributed by atoms with E-state index in [2.05, 4.69) is 10.6 Å². The van der Waals surface area contributed by atoms with Gasteiger partial charge in [0.15, 0.2) is 0 Å². The summed E-state index contributed by atoms with van der Waals surface area (Å²) >= 11 is 0. The molecular formula is C14H16N4O4. The van der Waals surface area contributed by atoms with Crippen LogP contribution in [0.2, 0.25) is 0 Å². The first-order valence-corrected chi connectivity index (χ1v) is 6.79. The minimum Gasteiger partial charge on any atom is -0.345 e. The van der Waals surface area contributed by atoms with Gasteiger partial charge in [0.25, 0.3) is 11.8 Å². The van der Waals surface area contributed by atoms with Crippen LogP contribution >= 0.6 is 0 Å². The first-order valence-electron chi connectivity index (χ1n) is 6.79. The zero-order valence-corrected chi connectivity index (χ0v) is 11.7. The summed E-state index contributed by atoms with van der Waals surface area (Å²) in [7, 11) is 0. The zero-order valence-electron chi connectivity index (χ0n) is 11.7. The Hall–Kier alpha value is -2.90. The minimum atomic E-state index is -0.949. The molecule has 1 fully saturated rings. The Kier molecular flexibility index (Phi) is 5.07. The fraction of sp³-hybridized carbons (Fsp3) is 0.286. The summed E-state index contributed by atoms with van der Waals surface area (Å²) in [6, 6.07) is 8.45. The van der Waals surface area contributed by atoms with Gasteiger partial charge < -0.3 is 10.6 Å². The van der Waals surface area contributed by atoms with E-state index in [9.17, 15) is 19.2 Å². The smallest absolute Gasteiger partial charge is 0.327 e. The van der Waals surface area contributed by atoms with Crippen LogP contribution < -0.4 is 21.5 Å². The molecule has 0 aliphatic heterocycles. The van der Waals surface area contributed by atoms with E-state index in [0.717, 1.165) is 12.8 Å². The average molecular weight is 304 g/mol. The number of nitrogens with one attached hydrogen (secondary N) is 4. The Balaban J connectivity index is 1.66. The molecule has 1 saturated carbocycles. The Bertz CT molecular complexity index is 584. The van der Waals surface area contributed by atoms with Crippen LogP contribution in [0.25, 0.3) is 0 Å². The maximum atomic E-state index is 11.7. The molecule has 22 heavy (non-hydrogen) atoms. The highest BCUT2D eigenvalue weighted by Crippen LogP contribution is 2.18. The van der Waals surface area contributed by atoms with Gasteiger partial charge in [0, 0.05) is 11.6 Å². The molecule has 0 heterocycles. The van der Waals surface area contributed by atoms with E-state index in [4.69, 9.17) is 0 Å². The number of hydrogen-bond acceptors (Lipinski definition) is 4. The fourth-order valence-corrected chi connectivity index (χ4v) is 1.56. The predicted octanol–water partition coefficient (Wildman–Crippen LogP) is -1.16. The molecule has 8 nitrogen and oxygen atoms in total. The predicted molar refractivity (Wildman–Crippen MR) is 76.2 cm³/mol. The topological polar surface area (TPSA) is 116 Å².